The van der Waals surface area contributed by atoms with Crippen LogP contribution in [0.3, 0.4) is 0 Å². The summed E-state index contributed by atoms with van der Waals surface area (Å²) in [5.41, 5.74) is 0. The minimum Gasteiger partial charge on any atom is -0.508 e. The zero-order valence-electron chi connectivity index (χ0n) is 30.0. The van der Waals surface area contributed by atoms with Gasteiger partial charge in [-0.2, -0.15) is 0 Å². The Balaban J connectivity index is 1.13. The van der Waals surface area contributed by atoms with Crippen LogP contribution in [-0.2, 0) is 29.5 Å². The normalized spacial score (nSPS) is 12.4. The molecule has 0 aromatic heterocycles. The lowest BCUT2D eigenvalue weighted by atomic mass is 10.3. The average molecular weight is 817 g/mol. The molecule has 0 aliphatic heterocycles. The van der Waals surface area contributed by atoms with E-state index in [1.165, 1.54) is 140 Å². The lowest BCUT2D eigenvalue weighted by Crippen LogP contribution is -2.23. The van der Waals surface area contributed by atoms with Gasteiger partial charge in [0.15, 0.2) is 0 Å². The highest BCUT2D eigenvalue weighted by Gasteiger charge is 2.25. The van der Waals surface area contributed by atoms with E-state index < -0.39 is 35.8 Å². The maximum atomic E-state index is 13.8. The van der Waals surface area contributed by atoms with Crippen LogP contribution in [0.4, 0.5) is 0 Å². The van der Waals surface area contributed by atoms with Gasteiger partial charge in [0.1, 0.15) is 45.1 Å². The van der Waals surface area contributed by atoms with Crippen molar-refractivity contribution in [1.82, 2.24) is 0 Å². The van der Waals surface area contributed by atoms with Gasteiger partial charge in [0.25, 0.3) is 0 Å². The quantitative estimate of drug-likeness (QED) is 0.0956. The predicted molar refractivity (Wildman–Crippen MR) is 205 cm³/mol. The largest absolute Gasteiger partial charge is 0.508 e. The van der Waals surface area contributed by atoms with Crippen molar-refractivity contribution in [2.75, 3.05) is 6.61 Å². The molecule has 0 fully saturated rings. The van der Waals surface area contributed by atoms with E-state index in [1.807, 2.05) is 6.92 Å². The van der Waals surface area contributed by atoms with Crippen LogP contribution in [0, 0.1) is 0 Å². The maximum Gasteiger partial charge on any atom is 0.240 e. The first-order valence-electron chi connectivity index (χ1n) is 17.1. The summed E-state index contributed by atoms with van der Waals surface area (Å²) in [6, 6.07) is 32.0. The van der Waals surface area contributed by atoms with Crippen molar-refractivity contribution >= 4 is 29.5 Å². The van der Waals surface area contributed by atoms with Crippen LogP contribution >= 0.6 is 0 Å². The number of phenols is 2. The van der Waals surface area contributed by atoms with Crippen LogP contribution in [0.2, 0.25) is 0 Å². The van der Waals surface area contributed by atoms with E-state index in [2.05, 4.69) is 0 Å². The smallest absolute Gasteiger partial charge is 0.240 e. The number of rotatable bonds is 15. The Morgan fingerprint density at radius 2 is 0.821 bits per heavy atom. The van der Waals surface area contributed by atoms with Crippen molar-refractivity contribution in [3.05, 3.63) is 140 Å². The Kier molecular flexibility index (Phi) is 11.6. The molecule has 0 heterocycles. The summed E-state index contributed by atoms with van der Waals surface area (Å²) in [6.45, 7) is 3.71. The highest BCUT2D eigenvalue weighted by Crippen LogP contribution is 2.35. The van der Waals surface area contributed by atoms with Gasteiger partial charge >= 0.3 is 0 Å². The molecule has 0 saturated heterocycles. The van der Waals surface area contributed by atoms with Crippen molar-refractivity contribution in [3.8, 4) is 40.2 Å². The fourth-order valence-electron chi connectivity index (χ4n) is 5.40. The van der Waals surface area contributed by atoms with Crippen LogP contribution < -0.4 is 18.9 Å². The molecular formula is C41H36O12S3. The summed E-state index contributed by atoms with van der Waals surface area (Å²) in [7, 11) is -11.7. The summed E-state index contributed by atoms with van der Waals surface area (Å²) < 4.78 is 103. The van der Waals surface area contributed by atoms with Crippen molar-refractivity contribution in [1.29, 1.82) is 0 Å². The van der Waals surface area contributed by atoms with E-state index in [0.29, 0.717) is 23.7 Å². The molecule has 6 aromatic rings. The van der Waals surface area contributed by atoms with Crippen LogP contribution in [0.25, 0.3) is 0 Å². The van der Waals surface area contributed by atoms with Crippen LogP contribution in [-0.4, -0.2) is 48.4 Å². The van der Waals surface area contributed by atoms with E-state index in [0.717, 1.165) is 0 Å². The molecule has 1 atom stereocenters. The topological polar surface area (TPSA) is 180 Å². The summed E-state index contributed by atoms with van der Waals surface area (Å²) in [6.07, 6.45) is -0.436. The Bertz CT molecular complexity index is 2630. The van der Waals surface area contributed by atoms with E-state index in [9.17, 15) is 35.5 Å². The molecule has 0 amide bonds. The highest BCUT2D eigenvalue weighted by atomic mass is 32.2. The molecule has 15 heteroatoms. The molecular weight excluding hydrogens is 781 g/mol. The molecule has 290 valence electrons. The summed E-state index contributed by atoms with van der Waals surface area (Å²) in [5.74, 6) is 1.21. The number of sulfone groups is 3. The monoisotopic (exact) mass is 816 g/mol. The third-order valence-electron chi connectivity index (χ3n) is 8.30. The van der Waals surface area contributed by atoms with Gasteiger partial charge < -0.3 is 29.2 Å². The maximum absolute atomic E-state index is 13.8. The fraction of sp³-hybridized carbons (Fsp3) is 0.122. The van der Waals surface area contributed by atoms with Gasteiger partial charge in [0.05, 0.1) is 31.1 Å². The second kappa shape index (κ2) is 16.4. The Labute approximate surface area is 324 Å². The molecule has 56 heavy (non-hydrogen) atoms. The molecule has 6 aromatic carbocycles. The van der Waals surface area contributed by atoms with Crippen molar-refractivity contribution in [2.45, 2.75) is 55.9 Å². The molecule has 0 bridgehead atoms. The molecule has 0 aliphatic carbocycles. The SMILES string of the molecule is CCOc1cc(OC(CC)Oc2ccc(S(=O)(=O)c3ccc(O)cc3)cc2)ccc1S(=O)(=O)c1ccc(Oc2ccc(S(=O)(=O)c3ccc(O)cc3)cc2)cc1. The highest BCUT2D eigenvalue weighted by molar-refractivity contribution is 7.92. The molecule has 12 nitrogen and oxygen atoms in total. The number of hydrogen-bond donors (Lipinski definition) is 2. The lowest BCUT2D eigenvalue weighted by Gasteiger charge is -2.20. The second-order valence-electron chi connectivity index (χ2n) is 12.1. The van der Waals surface area contributed by atoms with Gasteiger partial charge in [-0.25, -0.2) is 25.3 Å². The van der Waals surface area contributed by atoms with E-state index in [-0.39, 0.29) is 59.0 Å². The second-order valence-corrected chi connectivity index (χ2v) is 17.9. The first kappa shape index (κ1) is 39.7. The third kappa shape index (κ3) is 8.75. The summed E-state index contributed by atoms with van der Waals surface area (Å²) in [4.78, 5) is 0.0102. The third-order valence-corrected chi connectivity index (χ3v) is 13.7. The van der Waals surface area contributed by atoms with Crippen LogP contribution in [0.1, 0.15) is 20.3 Å². The number of hydrogen-bond acceptors (Lipinski definition) is 12. The molecule has 0 saturated carbocycles. The summed E-state index contributed by atoms with van der Waals surface area (Å²) >= 11 is 0. The summed E-state index contributed by atoms with van der Waals surface area (Å²) in [5, 5.41) is 19.0. The Morgan fingerprint density at radius 3 is 1.23 bits per heavy atom. The van der Waals surface area contributed by atoms with Crippen molar-refractivity contribution in [2.24, 2.45) is 0 Å². The fourth-order valence-corrected chi connectivity index (χ4v) is 9.30. The van der Waals surface area contributed by atoms with Gasteiger partial charge in [0.2, 0.25) is 35.8 Å². The van der Waals surface area contributed by atoms with E-state index in [4.69, 9.17) is 18.9 Å². The zero-order valence-corrected chi connectivity index (χ0v) is 32.4. The van der Waals surface area contributed by atoms with E-state index >= 15 is 0 Å². The van der Waals surface area contributed by atoms with Crippen LogP contribution in [0.15, 0.2) is 169 Å². The molecule has 2 N–H and O–H groups in total. The van der Waals surface area contributed by atoms with E-state index in [1.54, 1.807) is 6.92 Å². The van der Waals surface area contributed by atoms with Crippen LogP contribution in [0.5, 0.6) is 40.2 Å². The Hall–Kier alpha value is -6.03. The van der Waals surface area contributed by atoms with Gasteiger partial charge in [-0.3, -0.25) is 0 Å². The van der Waals surface area contributed by atoms with Gasteiger partial charge in [-0.1, -0.05) is 6.92 Å². The molecule has 0 aliphatic rings. The molecule has 0 spiro atoms. The van der Waals surface area contributed by atoms with Gasteiger partial charge in [-0.15, -0.1) is 0 Å². The molecule has 6 rings (SSSR count). The number of ether oxygens (including phenoxy) is 4. The number of benzene rings is 6. The molecule has 0 radical (unpaired) electrons. The predicted octanol–water partition coefficient (Wildman–Crippen LogP) is 7.98. The minimum absolute atomic E-state index is 0.0266. The minimum atomic E-state index is -4.08. The standard InChI is InChI=1S/C41H36O12S3/c1-3-41(52-32-13-22-37(23-14-32)55(46,47)35-18-7-29(43)8-19-35)53-33-15-26-40(39(27-33)50-4-2)56(48,49)38-24-11-31(12-25-38)51-30-9-20-36(21-10-30)54(44,45)34-16-5-28(42)6-17-34/h5-27,41-43H,3-4H2,1-2H3. The molecule has 1 unspecified atom stereocenters. The zero-order chi connectivity index (χ0) is 40.1. The number of phenolic OH excluding ortho intramolecular Hbond substituents is 2. The first-order chi connectivity index (χ1) is 26.7. The van der Waals surface area contributed by atoms with Crippen molar-refractivity contribution in [3.63, 3.8) is 0 Å². The van der Waals surface area contributed by atoms with Crippen molar-refractivity contribution < 1.29 is 54.4 Å². The average Bonchev–Trinajstić information content (AvgIpc) is 3.19. The lowest BCUT2D eigenvalue weighted by molar-refractivity contribution is 0.00307. The number of aromatic hydroxyl groups is 2. The van der Waals surface area contributed by atoms with Gasteiger partial charge in [0, 0.05) is 12.5 Å². The van der Waals surface area contributed by atoms with Gasteiger partial charge in [-0.05, 0) is 140 Å². The Morgan fingerprint density at radius 1 is 0.464 bits per heavy atom. The first-order valence-corrected chi connectivity index (χ1v) is 21.6.